The monoisotopic (exact) mass is 268 g/mol. The van der Waals surface area contributed by atoms with Crippen LogP contribution in [0.15, 0.2) is 0 Å². The second kappa shape index (κ2) is 7.25. The van der Waals surface area contributed by atoms with E-state index in [1.165, 1.54) is 32.1 Å². The fraction of sp³-hybridized carbons (Fsp3) is 0.933. The maximum Gasteiger partial charge on any atom is 0.237 e. The maximum absolute atomic E-state index is 12.1. The molecule has 4 heteroatoms. The molecule has 110 valence electrons. The summed E-state index contributed by atoms with van der Waals surface area (Å²) in [6.07, 6.45) is 10.5. The van der Waals surface area contributed by atoms with Gasteiger partial charge in [-0.25, -0.2) is 0 Å². The number of aliphatic hydroxyl groups excluding tert-OH is 1. The van der Waals surface area contributed by atoms with Crippen LogP contribution in [-0.4, -0.2) is 29.2 Å². The number of rotatable bonds is 4. The van der Waals surface area contributed by atoms with Gasteiger partial charge in [0.05, 0.1) is 18.2 Å². The number of carbonyl (C=O) groups is 1. The topological polar surface area (TPSA) is 75.4 Å². The van der Waals surface area contributed by atoms with Gasteiger partial charge >= 0.3 is 0 Å². The van der Waals surface area contributed by atoms with E-state index in [1.54, 1.807) is 0 Å². The second-order valence-corrected chi connectivity index (χ2v) is 6.31. The summed E-state index contributed by atoms with van der Waals surface area (Å²) in [5.41, 5.74) is 6.02. The quantitative estimate of drug-likeness (QED) is 0.726. The van der Waals surface area contributed by atoms with E-state index in [-0.39, 0.29) is 18.1 Å². The molecule has 2 fully saturated rings. The van der Waals surface area contributed by atoms with Crippen LogP contribution in [-0.2, 0) is 4.79 Å². The summed E-state index contributed by atoms with van der Waals surface area (Å²) in [5.74, 6) is 0.544. The minimum Gasteiger partial charge on any atom is -0.391 e. The van der Waals surface area contributed by atoms with Gasteiger partial charge in [-0.1, -0.05) is 44.9 Å². The molecule has 19 heavy (non-hydrogen) atoms. The highest BCUT2D eigenvalue weighted by molar-refractivity contribution is 5.81. The Balaban J connectivity index is 1.74. The molecule has 0 heterocycles. The van der Waals surface area contributed by atoms with E-state index >= 15 is 0 Å². The van der Waals surface area contributed by atoms with Crippen molar-refractivity contribution >= 4 is 5.91 Å². The lowest BCUT2D eigenvalue weighted by Gasteiger charge is -2.30. The molecule has 2 aliphatic rings. The SMILES string of the molecule is NC(CC1CCCCC1)C(=O)N[C@@H]1CCCC[C@H]1O. The number of nitrogens with one attached hydrogen (secondary N) is 1. The molecule has 2 saturated carbocycles. The molecule has 3 atom stereocenters. The van der Waals surface area contributed by atoms with Crippen LogP contribution in [0, 0.1) is 5.92 Å². The summed E-state index contributed by atoms with van der Waals surface area (Å²) in [4.78, 5) is 12.1. The Labute approximate surface area is 116 Å². The molecule has 0 radical (unpaired) electrons. The number of hydrogen-bond donors (Lipinski definition) is 3. The molecule has 1 amide bonds. The van der Waals surface area contributed by atoms with Crippen LogP contribution < -0.4 is 11.1 Å². The van der Waals surface area contributed by atoms with Crippen molar-refractivity contribution in [3.8, 4) is 0 Å². The van der Waals surface area contributed by atoms with Gasteiger partial charge in [0.25, 0.3) is 0 Å². The van der Waals surface area contributed by atoms with Gasteiger partial charge < -0.3 is 16.2 Å². The third-order valence-corrected chi connectivity index (χ3v) is 4.71. The molecule has 0 aliphatic heterocycles. The number of amides is 1. The van der Waals surface area contributed by atoms with Crippen molar-refractivity contribution in [3.05, 3.63) is 0 Å². The van der Waals surface area contributed by atoms with Crippen LogP contribution in [0.2, 0.25) is 0 Å². The summed E-state index contributed by atoms with van der Waals surface area (Å²) in [7, 11) is 0. The first-order valence-electron chi connectivity index (χ1n) is 7.91. The van der Waals surface area contributed by atoms with Crippen molar-refractivity contribution in [1.29, 1.82) is 0 Å². The highest BCUT2D eigenvalue weighted by Gasteiger charge is 2.27. The fourth-order valence-corrected chi connectivity index (χ4v) is 3.46. The van der Waals surface area contributed by atoms with E-state index in [0.717, 1.165) is 32.1 Å². The average Bonchev–Trinajstić information content (AvgIpc) is 2.42. The van der Waals surface area contributed by atoms with Crippen molar-refractivity contribution in [1.82, 2.24) is 5.32 Å². The molecular weight excluding hydrogens is 240 g/mol. The molecule has 0 aromatic carbocycles. The van der Waals surface area contributed by atoms with E-state index < -0.39 is 6.04 Å². The van der Waals surface area contributed by atoms with Gasteiger partial charge in [0.1, 0.15) is 0 Å². The summed E-state index contributed by atoms with van der Waals surface area (Å²) in [6.45, 7) is 0. The Morgan fingerprint density at radius 3 is 2.42 bits per heavy atom. The third kappa shape index (κ3) is 4.46. The predicted octanol–water partition coefficient (Wildman–Crippen LogP) is 1.70. The molecule has 4 nitrogen and oxygen atoms in total. The smallest absolute Gasteiger partial charge is 0.237 e. The highest BCUT2D eigenvalue weighted by Crippen LogP contribution is 2.27. The van der Waals surface area contributed by atoms with Crippen molar-refractivity contribution in [2.45, 2.75) is 82.4 Å². The van der Waals surface area contributed by atoms with Gasteiger partial charge in [-0.3, -0.25) is 4.79 Å². The van der Waals surface area contributed by atoms with Crippen LogP contribution in [0.4, 0.5) is 0 Å². The van der Waals surface area contributed by atoms with Crippen LogP contribution in [0.5, 0.6) is 0 Å². The zero-order valence-corrected chi connectivity index (χ0v) is 11.8. The molecule has 0 bridgehead atoms. The molecule has 0 aromatic rings. The van der Waals surface area contributed by atoms with Crippen molar-refractivity contribution in [3.63, 3.8) is 0 Å². The third-order valence-electron chi connectivity index (χ3n) is 4.71. The Bertz CT molecular complexity index is 290. The Morgan fingerprint density at radius 2 is 1.74 bits per heavy atom. The van der Waals surface area contributed by atoms with Crippen molar-refractivity contribution in [2.75, 3.05) is 0 Å². The summed E-state index contributed by atoms with van der Waals surface area (Å²) >= 11 is 0. The van der Waals surface area contributed by atoms with Crippen LogP contribution >= 0.6 is 0 Å². The first kappa shape index (κ1) is 14.8. The van der Waals surface area contributed by atoms with E-state index in [4.69, 9.17) is 5.73 Å². The summed E-state index contributed by atoms with van der Waals surface area (Å²) in [6, 6.07) is -0.490. The first-order valence-corrected chi connectivity index (χ1v) is 7.91. The predicted molar refractivity (Wildman–Crippen MR) is 75.6 cm³/mol. The van der Waals surface area contributed by atoms with Crippen LogP contribution in [0.25, 0.3) is 0 Å². The van der Waals surface area contributed by atoms with Crippen LogP contribution in [0.3, 0.4) is 0 Å². The van der Waals surface area contributed by atoms with Gasteiger partial charge in [-0.05, 0) is 25.2 Å². The maximum atomic E-state index is 12.1. The van der Waals surface area contributed by atoms with E-state index in [0.29, 0.717) is 5.92 Å². The van der Waals surface area contributed by atoms with Crippen molar-refractivity contribution < 1.29 is 9.90 Å². The molecule has 2 rings (SSSR count). The van der Waals surface area contributed by atoms with E-state index in [1.807, 2.05) is 0 Å². The second-order valence-electron chi connectivity index (χ2n) is 6.31. The minimum absolute atomic E-state index is 0.0727. The number of nitrogens with two attached hydrogens (primary N) is 1. The zero-order valence-electron chi connectivity index (χ0n) is 11.8. The van der Waals surface area contributed by atoms with Crippen LogP contribution in [0.1, 0.15) is 64.2 Å². The Hall–Kier alpha value is -0.610. The van der Waals surface area contributed by atoms with Gasteiger partial charge in [0, 0.05) is 0 Å². The van der Waals surface area contributed by atoms with Gasteiger partial charge in [0.15, 0.2) is 0 Å². The number of hydrogen-bond acceptors (Lipinski definition) is 3. The molecular formula is C15H28N2O2. The molecule has 2 aliphatic carbocycles. The molecule has 4 N–H and O–H groups in total. The standard InChI is InChI=1S/C15H28N2O2/c16-12(10-11-6-2-1-3-7-11)15(19)17-13-8-4-5-9-14(13)18/h11-14,18H,1-10,16H2,(H,17,19)/t12?,13-,14-/m1/s1. The van der Waals surface area contributed by atoms with E-state index in [9.17, 15) is 9.90 Å². The average molecular weight is 268 g/mol. The Kier molecular flexibility index (Phi) is 5.64. The highest BCUT2D eigenvalue weighted by atomic mass is 16.3. The molecule has 0 aromatic heterocycles. The first-order chi connectivity index (χ1) is 9.16. The lowest BCUT2D eigenvalue weighted by Crippen LogP contribution is -2.51. The zero-order chi connectivity index (χ0) is 13.7. The Morgan fingerprint density at radius 1 is 1.11 bits per heavy atom. The van der Waals surface area contributed by atoms with Crippen molar-refractivity contribution in [2.24, 2.45) is 11.7 Å². The molecule has 0 spiro atoms. The molecule has 0 saturated heterocycles. The lowest BCUT2D eigenvalue weighted by atomic mass is 9.84. The van der Waals surface area contributed by atoms with Gasteiger partial charge in [-0.15, -0.1) is 0 Å². The lowest BCUT2D eigenvalue weighted by molar-refractivity contribution is -0.124. The minimum atomic E-state index is -0.405. The van der Waals surface area contributed by atoms with E-state index in [2.05, 4.69) is 5.32 Å². The molecule has 1 unspecified atom stereocenters. The largest absolute Gasteiger partial charge is 0.391 e. The summed E-state index contributed by atoms with van der Waals surface area (Å²) in [5, 5.41) is 12.8. The number of aliphatic hydroxyl groups is 1. The van der Waals surface area contributed by atoms with Gasteiger partial charge in [-0.2, -0.15) is 0 Å². The normalized spacial score (nSPS) is 30.8. The van der Waals surface area contributed by atoms with Gasteiger partial charge in [0.2, 0.25) is 5.91 Å². The summed E-state index contributed by atoms with van der Waals surface area (Å²) < 4.78 is 0. The number of carbonyl (C=O) groups excluding carboxylic acids is 1. The fourth-order valence-electron chi connectivity index (χ4n) is 3.46.